The maximum Gasteiger partial charge on any atom is 0.0996 e. The van der Waals surface area contributed by atoms with Crippen LogP contribution in [0.25, 0.3) is 22.5 Å². The minimum atomic E-state index is 0.994. The number of aromatic nitrogens is 2. The van der Waals surface area contributed by atoms with Crippen LogP contribution in [0.2, 0.25) is 0 Å². The van der Waals surface area contributed by atoms with Gasteiger partial charge >= 0.3 is 0 Å². The molecule has 1 fully saturated rings. The first kappa shape index (κ1) is 16.2. The molecule has 3 heterocycles. The largest absolute Gasteiger partial charge is 0.472 e. The van der Waals surface area contributed by atoms with E-state index in [-0.39, 0.29) is 0 Å². The van der Waals surface area contributed by atoms with Crippen molar-refractivity contribution in [3.63, 3.8) is 0 Å². The molecular weight excluding hydrogens is 310 g/mol. The van der Waals surface area contributed by atoms with Crippen molar-refractivity contribution in [1.29, 1.82) is 0 Å². The van der Waals surface area contributed by atoms with Gasteiger partial charge in [-0.25, -0.2) is 4.98 Å². The summed E-state index contributed by atoms with van der Waals surface area (Å²) in [5.41, 5.74) is 4.42. The molecule has 0 radical (unpaired) electrons. The molecule has 1 aliphatic rings. The monoisotopic (exact) mass is 335 g/mol. The zero-order chi connectivity index (χ0) is 16.9. The maximum atomic E-state index is 5.33. The van der Waals surface area contributed by atoms with Gasteiger partial charge in [0.25, 0.3) is 0 Å². The summed E-state index contributed by atoms with van der Waals surface area (Å²) in [5, 5.41) is 0. The number of rotatable bonds is 7. The summed E-state index contributed by atoms with van der Waals surface area (Å²) in [6.07, 6.45) is 10.7. The molecular formula is C21H25N3O. The summed E-state index contributed by atoms with van der Waals surface area (Å²) in [7, 11) is 0. The summed E-state index contributed by atoms with van der Waals surface area (Å²) in [6.45, 7) is 4.78. The molecule has 0 saturated carbocycles. The van der Waals surface area contributed by atoms with E-state index in [2.05, 4.69) is 33.7 Å². The van der Waals surface area contributed by atoms with Crippen molar-refractivity contribution >= 4 is 0 Å². The Morgan fingerprint density at radius 3 is 2.48 bits per heavy atom. The number of furan rings is 1. The first-order valence-corrected chi connectivity index (χ1v) is 9.27. The summed E-state index contributed by atoms with van der Waals surface area (Å²) >= 11 is 0. The van der Waals surface area contributed by atoms with Crippen molar-refractivity contribution in [2.24, 2.45) is 0 Å². The molecule has 4 heteroatoms. The van der Waals surface area contributed by atoms with Crippen LogP contribution in [0.5, 0.6) is 0 Å². The van der Waals surface area contributed by atoms with Gasteiger partial charge in [0.2, 0.25) is 0 Å². The predicted octanol–water partition coefficient (Wildman–Crippen LogP) is 4.69. The van der Waals surface area contributed by atoms with E-state index < -0.39 is 0 Å². The number of hydrogen-bond donors (Lipinski definition) is 0. The molecule has 0 atom stereocenters. The Labute approximate surface area is 149 Å². The molecule has 0 spiro atoms. The van der Waals surface area contributed by atoms with Gasteiger partial charge in [0.1, 0.15) is 0 Å². The highest BCUT2D eigenvalue weighted by atomic mass is 16.3. The number of aryl methyl sites for hydroxylation is 1. The number of imidazole rings is 1. The number of benzene rings is 1. The van der Waals surface area contributed by atoms with Crippen LogP contribution in [0.15, 0.2) is 59.7 Å². The topological polar surface area (TPSA) is 34.2 Å². The lowest BCUT2D eigenvalue weighted by Crippen LogP contribution is -2.20. The zero-order valence-electron chi connectivity index (χ0n) is 14.6. The average molecular weight is 335 g/mol. The molecule has 1 saturated heterocycles. The molecule has 4 rings (SSSR count). The fraction of sp³-hybridized carbons (Fsp3) is 0.381. The van der Waals surface area contributed by atoms with Gasteiger partial charge in [-0.15, -0.1) is 0 Å². The Kier molecular flexibility index (Phi) is 4.98. The summed E-state index contributed by atoms with van der Waals surface area (Å²) in [5.74, 6) is 0. The van der Waals surface area contributed by atoms with Crippen molar-refractivity contribution in [2.45, 2.75) is 32.2 Å². The van der Waals surface area contributed by atoms with Gasteiger partial charge in [0, 0.05) is 17.7 Å². The first-order valence-electron chi connectivity index (χ1n) is 9.27. The Bertz CT molecular complexity index is 771. The second-order valence-corrected chi connectivity index (χ2v) is 6.77. The molecule has 0 unspecified atom stereocenters. The van der Waals surface area contributed by atoms with E-state index in [4.69, 9.17) is 9.40 Å². The zero-order valence-corrected chi connectivity index (χ0v) is 14.6. The van der Waals surface area contributed by atoms with Crippen molar-refractivity contribution in [1.82, 2.24) is 14.5 Å². The number of hydrogen-bond acceptors (Lipinski definition) is 3. The SMILES string of the molecule is c1ccc(-c2ncn(CCCCN3CCCC3)c2-c2ccoc2)cc1. The smallest absolute Gasteiger partial charge is 0.0996 e. The van der Waals surface area contributed by atoms with Crippen LogP contribution >= 0.6 is 0 Å². The van der Waals surface area contributed by atoms with Gasteiger partial charge in [0.05, 0.1) is 30.2 Å². The fourth-order valence-corrected chi connectivity index (χ4v) is 3.68. The highest BCUT2D eigenvalue weighted by molar-refractivity contribution is 5.78. The van der Waals surface area contributed by atoms with Crippen LogP contribution in [0.4, 0.5) is 0 Å². The van der Waals surface area contributed by atoms with Crippen LogP contribution in [0.3, 0.4) is 0 Å². The molecule has 3 aromatic rings. The van der Waals surface area contributed by atoms with Crippen LogP contribution < -0.4 is 0 Å². The quantitative estimate of drug-likeness (QED) is 0.588. The Hall–Kier alpha value is -2.33. The van der Waals surface area contributed by atoms with Gasteiger partial charge in [-0.05, 0) is 51.4 Å². The lowest BCUT2D eigenvalue weighted by Gasteiger charge is -2.14. The van der Waals surface area contributed by atoms with Crippen LogP contribution in [-0.2, 0) is 6.54 Å². The molecule has 1 aromatic carbocycles. The third kappa shape index (κ3) is 3.69. The third-order valence-electron chi connectivity index (χ3n) is 5.00. The van der Waals surface area contributed by atoms with E-state index in [9.17, 15) is 0 Å². The Morgan fingerprint density at radius 2 is 1.72 bits per heavy atom. The number of unbranched alkanes of at least 4 members (excludes halogenated alkanes) is 1. The lowest BCUT2D eigenvalue weighted by molar-refractivity contribution is 0.326. The van der Waals surface area contributed by atoms with Gasteiger partial charge in [-0.1, -0.05) is 30.3 Å². The third-order valence-corrected chi connectivity index (χ3v) is 5.00. The average Bonchev–Trinajstić information content (AvgIpc) is 3.40. The second kappa shape index (κ2) is 7.70. The van der Waals surface area contributed by atoms with Crippen LogP contribution in [0, 0.1) is 0 Å². The molecule has 0 bridgehead atoms. The van der Waals surface area contributed by atoms with E-state index in [1.165, 1.54) is 45.3 Å². The lowest BCUT2D eigenvalue weighted by atomic mass is 10.1. The maximum absolute atomic E-state index is 5.33. The summed E-state index contributed by atoms with van der Waals surface area (Å²) < 4.78 is 7.60. The van der Waals surface area contributed by atoms with Gasteiger partial charge in [-0.2, -0.15) is 0 Å². The van der Waals surface area contributed by atoms with E-state index in [0.29, 0.717) is 0 Å². The molecule has 0 amide bonds. The molecule has 2 aromatic heterocycles. The number of nitrogens with zero attached hydrogens (tertiary/aromatic N) is 3. The molecule has 130 valence electrons. The normalized spacial score (nSPS) is 15.0. The molecule has 0 N–H and O–H groups in total. The second-order valence-electron chi connectivity index (χ2n) is 6.77. The van der Waals surface area contributed by atoms with E-state index in [1.807, 2.05) is 24.7 Å². The van der Waals surface area contributed by atoms with E-state index in [0.717, 1.165) is 29.1 Å². The van der Waals surface area contributed by atoms with Gasteiger partial charge < -0.3 is 13.9 Å². The van der Waals surface area contributed by atoms with Crippen LogP contribution in [-0.4, -0.2) is 34.1 Å². The summed E-state index contributed by atoms with van der Waals surface area (Å²) in [4.78, 5) is 7.29. The Balaban J connectivity index is 1.50. The van der Waals surface area contributed by atoms with Crippen molar-refractivity contribution in [2.75, 3.05) is 19.6 Å². The fourth-order valence-electron chi connectivity index (χ4n) is 3.68. The molecule has 25 heavy (non-hydrogen) atoms. The highest BCUT2D eigenvalue weighted by Crippen LogP contribution is 2.31. The Morgan fingerprint density at radius 1 is 0.920 bits per heavy atom. The van der Waals surface area contributed by atoms with Crippen LogP contribution in [0.1, 0.15) is 25.7 Å². The van der Waals surface area contributed by atoms with E-state index in [1.54, 1.807) is 6.26 Å². The van der Waals surface area contributed by atoms with E-state index >= 15 is 0 Å². The minimum absolute atomic E-state index is 0.994. The highest BCUT2D eigenvalue weighted by Gasteiger charge is 2.16. The van der Waals surface area contributed by atoms with Crippen molar-refractivity contribution in [3.05, 3.63) is 55.3 Å². The molecule has 0 aliphatic carbocycles. The van der Waals surface area contributed by atoms with Gasteiger partial charge in [0.15, 0.2) is 0 Å². The van der Waals surface area contributed by atoms with Crippen molar-refractivity contribution in [3.8, 4) is 22.5 Å². The summed E-state index contributed by atoms with van der Waals surface area (Å²) in [6, 6.07) is 12.4. The molecule has 1 aliphatic heterocycles. The predicted molar refractivity (Wildman–Crippen MR) is 100 cm³/mol. The first-order chi connectivity index (χ1) is 12.4. The van der Waals surface area contributed by atoms with Gasteiger partial charge in [-0.3, -0.25) is 0 Å². The number of likely N-dealkylation sites (tertiary alicyclic amines) is 1. The molecule has 4 nitrogen and oxygen atoms in total. The minimum Gasteiger partial charge on any atom is -0.472 e. The van der Waals surface area contributed by atoms with Crippen molar-refractivity contribution < 1.29 is 4.42 Å². The standard InChI is InChI=1S/C21H25N3O/c1-2-8-18(9-3-1)20-21(19-10-15-25-16-19)24(17-22-20)14-7-6-13-23-11-4-5-12-23/h1-3,8-10,15-17H,4-7,11-14H2.